The predicted octanol–water partition coefficient (Wildman–Crippen LogP) is 3.98. The Hall–Kier alpha value is -3.71. The highest BCUT2D eigenvalue weighted by Crippen LogP contribution is 2.27. The lowest BCUT2D eigenvalue weighted by atomic mass is 10.1. The molecule has 1 saturated heterocycles. The van der Waals surface area contributed by atoms with Crippen molar-refractivity contribution in [2.75, 3.05) is 22.1 Å². The smallest absolute Gasteiger partial charge is 0.255 e. The molecule has 2 heterocycles. The van der Waals surface area contributed by atoms with Crippen LogP contribution in [0.4, 0.5) is 17.1 Å². The summed E-state index contributed by atoms with van der Waals surface area (Å²) in [7, 11) is 0. The van der Waals surface area contributed by atoms with Crippen LogP contribution in [0.25, 0.3) is 0 Å². The van der Waals surface area contributed by atoms with Crippen molar-refractivity contribution in [3.05, 3.63) is 83.6 Å². The molecule has 3 aromatic rings. The number of carbonyl (C=O) groups is 3. The van der Waals surface area contributed by atoms with E-state index in [1.54, 1.807) is 65.6 Å². The van der Waals surface area contributed by atoms with Crippen molar-refractivity contribution in [3.8, 4) is 0 Å². The van der Waals surface area contributed by atoms with E-state index in [0.717, 1.165) is 0 Å². The van der Waals surface area contributed by atoms with Gasteiger partial charge < -0.3 is 15.5 Å². The van der Waals surface area contributed by atoms with E-state index in [1.807, 2.05) is 0 Å². The highest BCUT2D eigenvalue weighted by Gasteiger charge is 2.37. The van der Waals surface area contributed by atoms with Gasteiger partial charge in [0.05, 0.1) is 0 Å². The first-order chi connectivity index (χ1) is 15.0. The minimum absolute atomic E-state index is 0.248. The van der Waals surface area contributed by atoms with Crippen LogP contribution < -0.4 is 15.5 Å². The van der Waals surface area contributed by atoms with Crippen molar-refractivity contribution in [1.29, 1.82) is 0 Å². The molecule has 4 rings (SSSR count). The number of benzene rings is 2. The van der Waals surface area contributed by atoms with E-state index >= 15 is 0 Å². The third-order valence-corrected chi connectivity index (χ3v) is 5.24. The molecular formula is C23H19ClN4O3. The third kappa shape index (κ3) is 4.73. The van der Waals surface area contributed by atoms with Gasteiger partial charge in [-0.05, 0) is 61.0 Å². The van der Waals surface area contributed by atoms with Crippen LogP contribution in [0, 0.1) is 5.92 Å². The molecule has 7 nitrogen and oxygen atoms in total. The lowest BCUT2D eigenvalue weighted by Gasteiger charge is -2.17. The summed E-state index contributed by atoms with van der Waals surface area (Å²) in [6.45, 7) is 0.459. The minimum Gasteiger partial charge on any atom is -0.325 e. The molecule has 1 aromatic heterocycles. The van der Waals surface area contributed by atoms with E-state index in [2.05, 4.69) is 15.6 Å². The van der Waals surface area contributed by atoms with Crippen molar-refractivity contribution in [1.82, 2.24) is 4.98 Å². The molecule has 1 aliphatic rings. The zero-order chi connectivity index (χ0) is 21.8. The van der Waals surface area contributed by atoms with Crippen LogP contribution in [0.3, 0.4) is 0 Å². The first-order valence-electron chi connectivity index (χ1n) is 9.70. The van der Waals surface area contributed by atoms with E-state index in [-0.39, 0.29) is 17.7 Å². The van der Waals surface area contributed by atoms with Gasteiger partial charge in [-0.25, -0.2) is 0 Å². The summed E-state index contributed by atoms with van der Waals surface area (Å²) in [5.74, 6) is -1.68. The summed E-state index contributed by atoms with van der Waals surface area (Å²) < 4.78 is 0. The number of nitrogens with zero attached hydrogens (tertiary/aromatic N) is 2. The molecule has 2 N–H and O–H groups in total. The number of amides is 3. The van der Waals surface area contributed by atoms with Crippen LogP contribution in [0.2, 0.25) is 5.02 Å². The maximum absolute atomic E-state index is 12.8. The number of aromatic nitrogens is 1. The second-order valence-corrected chi connectivity index (χ2v) is 7.50. The number of pyridine rings is 1. The first kappa shape index (κ1) is 20.6. The van der Waals surface area contributed by atoms with Gasteiger partial charge in [-0.2, -0.15) is 0 Å². The van der Waals surface area contributed by atoms with Gasteiger partial charge in [0.1, 0.15) is 5.92 Å². The molecule has 0 bridgehead atoms. The van der Waals surface area contributed by atoms with Crippen molar-refractivity contribution in [3.63, 3.8) is 0 Å². The fourth-order valence-corrected chi connectivity index (χ4v) is 3.54. The van der Waals surface area contributed by atoms with Crippen molar-refractivity contribution >= 4 is 46.4 Å². The Bertz CT molecular complexity index is 1120. The van der Waals surface area contributed by atoms with Crippen molar-refractivity contribution in [2.45, 2.75) is 6.42 Å². The summed E-state index contributed by atoms with van der Waals surface area (Å²) in [4.78, 5) is 43.3. The molecule has 0 spiro atoms. The summed E-state index contributed by atoms with van der Waals surface area (Å²) in [6, 6.07) is 16.9. The largest absolute Gasteiger partial charge is 0.325 e. The van der Waals surface area contributed by atoms with Crippen LogP contribution in [-0.2, 0) is 9.59 Å². The molecule has 8 heteroatoms. The number of hydrogen-bond acceptors (Lipinski definition) is 4. The van der Waals surface area contributed by atoms with E-state index in [4.69, 9.17) is 11.6 Å². The number of rotatable bonds is 5. The standard InChI is InChI=1S/C23H19ClN4O3/c24-16-4-6-19(7-5-16)28-13-10-20(23(28)31)22(30)27-18-3-1-2-17(14-18)26-21(29)15-8-11-25-12-9-15/h1-9,11-12,14,20H,10,13H2,(H,26,29)(H,27,30). The average Bonchev–Trinajstić information content (AvgIpc) is 3.16. The number of anilines is 3. The SMILES string of the molecule is O=C(Nc1cccc(NC(=O)C2CCN(c3ccc(Cl)cc3)C2=O)c1)c1ccncc1. The molecule has 3 amide bonds. The lowest BCUT2D eigenvalue weighted by Crippen LogP contribution is -2.33. The van der Waals surface area contributed by atoms with E-state index in [1.165, 1.54) is 12.4 Å². The summed E-state index contributed by atoms with van der Waals surface area (Å²) in [6.07, 6.45) is 3.50. The Morgan fingerprint density at radius 1 is 0.968 bits per heavy atom. The molecule has 0 radical (unpaired) electrons. The average molecular weight is 435 g/mol. The van der Waals surface area contributed by atoms with Gasteiger partial charge in [-0.3, -0.25) is 19.4 Å². The second kappa shape index (κ2) is 8.97. The summed E-state index contributed by atoms with van der Waals surface area (Å²) in [5.41, 5.74) is 2.21. The van der Waals surface area contributed by atoms with Crippen LogP contribution in [0.1, 0.15) is 16.8 Å². The number of nitrogens with one attached hydrogen (secondary N) is 2. The Labute approximate surface area is 184 Å². The number of halogens is 1. The van der Waals surface area contributed by atoms with Gasteiger partial charge in [0.25, 0.3) is 5.91 Å². The Morgan fingerprint density at radius 3 is 2.35 bits per heavy atom. The predicted molar refractivity (Wildman–Crippen MR) is 119 cm³/mol. The van der Waals surface area contributed by atoms with Gasteiger partial charge in [-0.15, -0.1) is 0 Å². The maximum atomic E-state index is 12.8. The summed E-state index contributed by atoms with van der Waals surface area (Å²) >= 11 is 5.91. The fraction of sp³-hybridized carbons (Fsp3) is 0.130. The number of carbonyl (C=O) groups excluding carboxylic acids is 3. The molecule has 1 atom stereocenters. The fourth-order valence-electron chi connectivity index (χ4n) is 3.41. The van der Waals surface area contributed by atoms with Gasteiger partial charge in [0.2, 0.25) is 11.8 Å². The normalized spacial score (nSPS) is 15.6. The third-order valence-electron chi connectivity index (χ3n) is 4.99. The molecule has 0 aliphatic carbocycles. The lowest BCUT2D eigenvalue weighted by molar-refractivity contribution is -0.129. The monoisotopic (exact) mass is 434 g/mol. The summed E-state index contributed by atoms with van der Waals surface area (Å²) in [5, 5.41) is 6.14. The molecule has 1 unspecified atom stereocenters. The molecular weight excluding hydrogens is 416 g/mol. The Balaban J connectivity index is 1.41. The second-order valence-electron chi connectivity index (χ2n) is 7.07. The first-order valence-corrected chi connectivity index (χ1v) is 10.1. The van der Waals surface area contributed by atoms with Gasteiger partial charge in [0.15, 0.2) is 0 Å². The van der Waals surface area contributed by atoms with Gasteiger partial charge in [0, 0.05) is 46.6 Å². The van der Waals surface area contributed by atoms with E-state index < -0.39 is 5.92 Å². The van der Waals surface area contributed by atoms with Crippen molar-refractivity contribution in [2.24, 2.45) is 5.92 Å². The zero-order valence-electron chi connectivity index (χ0n) is 16.4. The molecule has 1 aliphatic heterocycles. The van der Waals surface area contributed by atoms with Crippen LogP contribution >= 0.6 is 11.6 Å². The minimum atomic E-state index is -0.772. The van der Waals surface area contributed by atoms with E-state index in [0.29, 0.717) is 40.6 Å². The highest BCUT2D eigenvalue weighted by molar-refractivity contribution is 6.30. The molecule has 0 saturated carbocycles. The Morgan fingerprint density at radius 2 is 1.65 bits per heavy atom. The van der Waals surface area contributed by atoms with Crippen LogP contribution in [0.5, 0.6) is 0 Å². The zero-order valence-corrected chi connectivity index (χ0v) is 17.2. The number of hydrogen-bond donors (Lipinski definition) is 2. The van der Waals surface area contributed by atoms with Crippen LogP contribution in [-0.4, -0.2) is 29.3 Å². The quantitative estimate of drug-likeness (QED) is 0.594. The highest BCUT2D eigenvalue weighted by atomic mass is 35.5. The topological polar surface area (TPSA) is 91.4 Å². The molecule has 2 aromatic carbocycles. The van der Waals surface area contributed by atoms with Crippen LogP contribution in [0.15, 0.2) is 73.1 Å². The Kier molecular flexibility index (Phi) is 5.95. The molecule has 1 fully saturated rings. The van der Waals surface area contributed by atoms with Gasteiger partial charge in [-0.1, -0.05) is 17.7 Å². The van der Waals surface area contributed by atoms with Gasteiger partial charge >= 0.3 is 0 Å². The molecule has 156 valence electrons. The van der Waals surface area contributed by atoms with Crippen molar-refractivity contribution < 1.29 is 14.4 Å². The maximum Gasteiger partial charge on any atom is 0.255 e. The van der Waals surface area contributed by atoms with E-state index in [9.17, 15) is 14.4 Å². The molecule has 31 heavy (non-hydrogen) atoms.